The van der Waals surface area contributed by atoms with Crippen molar-refractivity contribution < 1.29 is 66.6 Å². The van der Waals surface area contributed by atoms with Crippen LogP contribution < -0.4 is 14.2 Å². The van der Waals surface area contributed by atoms with Gasteiger partial charge in [-0.3, -0.25) is 9.59 Å². The van der Waals surface area contributed by atoms with E-state index in [0.29, 0.717) is 47.6 Å². The fourth-order valence-corrected chi connectivity index (χ4v) is 9.55. The SMILES string of the molecule is COc1ccc(C(=O)OC[C@@]23CC[C@H]4[C@H](OC(C)=O)[C@H](OC(=O)c5ccc(OC)cc5)C[C@@H](OC(C)=O)[C@@H]4[C@H]2[C@H]2C[C@@H](OC(=O)c4ccc(OC)cc4)[C@H]3O2)cc1. The molecule has 3 aromatic rings. The summed E-state index contributed by atoms with van der Waals surface area (Å²) in [7, 11) is 4.59. The number of ether oxygens (including phenoxy) is 9. The third kappa shape index (κ3) is 7.87. The Kier molecular flexibility index (Phi) is 11.4. The molecule has 2 aliphatic heterocycles. The van der Waals surface area contributed by atoms with Crippen LogP contribution in [0.1, 0.15) is 70.6 Å². The molecule has 2 heterocycles. The average Bonchev–Trinajstić information content (AvgIpc) is 3.78. The molecule has 0 spiro atoms. The normalized spacial score (nSPS) is 29.5. The number of benzene rings is 3. The molecule has 4 aliphatic rings. The van der Waals surface area contributed by atoms with Gasteiger partial charge in [0.05, 0.1) is 44.1 Å². The number of hydrogen-bond donors (Lipinski definition) is 0. The van der Waals surface area contributed by atoms with Crippen molar-refractivity contribution in [2.75, 3.05) is 27.9 Å². The lowest BCUT2D eigenvalue weighted by molar-refractivity contribution is -0.209. The Morgan fingerprint density at radius 2 is 1.11 bits per heavy atom. The van der Waals surface area contributed by atoms with Gasteiger partial charge in [0, 0.05) is 49.9 Å². The topological polar surface area (TPSA) is 168 Å². The molecule has 2 saturated heterocycles. The van der Waals surface area contributed by atoms with Gasteiger partial charge in [-0.15, -0.1) is 0 Å². The van der Waals surface area contributed by atoms with Crippen LogP contribution in [0.4, 0.5) is 0 Å². The van der Waals surface area contributed by atoms with Crippen molar-refractivity contribution in [1.82, 2.24) is 0 Å². The van der Waals surface area contributed by atoms with Crippen LogP contribution >= 0.6 is 0 Å². The highest BCUT2D eigenvalue weighted by Crippen LogP contribution is 2.65. The van der Waals surface area contributed by atoms with E-state index >= 15 is 0 Å². The third-order valence-electron chi connectivity index (χ3n) is 11.9. The summed E-state index contributed by atoms with van der Waals surface area (Å²) in [4.78, 5) is 66.0. The minimum atomic E-state index is -0.952. The molecule has 0 unspecified atom stereocenters. The summed E-state index contributed by atoms with van der Waals surface area (Å²) in [6.45, 7) is 2.51. The average molecular weight is 787 g/mol. The van der Waals surface area contributed by atoms with Crippen LogP contribution in [-0.4, -0.2) is 94.4 Å². The van der Waals surface area contributed by atoms with E-state index in [0.717, 1.165) is 0 Å². The van der Waals surface area contributed by atoms with Gasteiger partial charge < -0.3 is 42.6 Å². The molecule has 2 bridgehead atoms. The second-order valence-corrected chi connectivity index (χ2v) is 15.0. The van der Waals surface area contributed by atoms with Crippen molar-refractivity contribution in [1.29, 1.82) is 0 Å². The van der Waals surface area contributed by atoms with Crippen LogP contribution in [0.3, 0.4) is 0 Å². The molecule has 0 N–H and O–H groups in total. The summed E-state index contributed by atoms with van der Waals surface area (Å²) in [6.07, 6.45) is -3.36. The highest BCUT2D eigenvalue weighted by atomic mass is 16.6. The van der Waals surface area contributed by atoms with Crippen molar-refractivity contribution in [3.8, 4) is 17.2 Å². The summed E-state index contributed by atoms with van der Waals surface area (Å²) in [5.41, 5.74) is 0.0148. The molecule has 10 atom stereocenters. The summed E-state index contributed by atoms with van der Waals surface area (Å²) < 4.78 is 52.7. The van der Waals surface area contributed by atoms with Crippen LogP contribution in [0.5, 0.6) is 17.2 Å². The zero-order valence-corrected chi connectivity index (χ0v) is 32.4. The fourth-order valence-electron chi connectivity index (χ4n) is 9.55. The lowest BCUT2D eigenvalue weighted by atomic mass is 9.49. The molecule has 2 saturated carbocycles. The Morgan fingerprint density at radius 3 is 1.60 bits per heavy atom. The van der Waals surface area contributed by atoms with Gasteiger partial charge in [0.1, 0.15) is 54.4 Å². The van der Waals surface area contributed by atoms with Crippen molar-refractivity contribution in [3.05, 3.63) is 89.5 Å². The van der Waals surface area contributed by atoms with E-state index in [1.807, 2.05) is 0 Å². The zero-order valence-electron chi connectivity index (χ0n) is 32.4. The number of methoxy groups -OCH3 is 3. The van der Waals surface area contributed by atoms with Crippen LogP contribution in [0.15, 0.2) is 72.8 Å². The molecule has 0 radical (unpaired) electrons. The minimum absolute atomic E-state index is 0.0338. The molecule has 57 heavy (non-hydrogen) atoms. The number of carbonyl (C=O) groups is 5. The molecule has 14 heteroatoms. The Labute approximate surface area is 329 Å². The molecule has 3 aromatic carbocycles. The molecule has 7 rings (SSSR count). The Morgan fingerprint density at radius 1 is 0.614 bits per heavy atom. The number of hydrogen-bond acceptors (Lipinski definition) is 14. The fraction of sp³-hybridized carbons (Fsp3) is 0.465. The Hall–Kier alpha value is -5.63. The van der Waals surface area contributed by atoms with Gasteiger partial charge in [0.2, 0.25) is 0 Å². The van der Waals surface area contributed by atoms with Gasteiger partial charge in [-0.1, -0.05) is 0 Å². The first kappa shape index (κ1) is 39.6. The van der Waals surface area contributed by atoms with E-state index in [1.165, 1.54) is 35.2 Å². The highest BCUT2D eigenvalue weighted by Gasteiger charge is 2.72. The first-order valence-electron chi connectivity index (χ1n) is 19.0. The van der Waals surface area contributed by atoms with Crippen LogP contribution in [-0.2, 0) is 38.0 Å². The van der Waals surface area contributed by atoms with Crippen LogP contribution in [0.2, 0.25) is 0 Å². The standard InChI is InChI=1S/C43H46O14/c1-23(44)53-32-20-34(56-41(47)26-8-14-29(50-4)15-9-26)38(54-24(2)45)31-18-19-43(22-52-40(46)25-6-12-28(49-3)13-7-25)37(36(31)32)33-21-35(39(43)55-33)57-42(48)27-10-16-30(51-5)17-11-27/h6-17,31-39H,18-22H2,1-5H3/t31-,32-,33-,34-,35-,36-,37-,38+,39-,43+/m1/s1. The van der Waals surface area contributed by atoms with Crippen LogP contribution in [0.25, 0.3) is 0 Å². The number of rotatable bonds is 12. The summed E-state index contributed by atoms with van der Waals surface area (Å²) in [5.74, 6) is -2.44. The maximum absolute atomic E-state index is 13.6. The molecule has 0 aromatic heterocycles. The van der Waals surface area contributed by atoms with E-state index in [2.05, 4.69) is 0 Å². The maximum Gasteiger partial charge on any atom is 0.338 e. The van der Waals surface area contributed by atoms with Crippen LogP contribution in [0, 0.1) is 23.2 Å². The second-order valence-electron chi connectivity index (χ2n) is 15.0. The molecule has 0 amide bonds. The first-order chi connectivity index (χ1) is 27.4. The lowest BCUT2D eigenvalue weighted by Gasteiger charge is -2.57. The molecule has 14 nitrogen and oxygen atoms in total. The number of carbonyl (C=O) groups excluding carboxylic acids is 5. The Balaban J connectivity index is 1.21. The molecular formula is C43H46O14. The molecule has 302 valence electrons. The van der Waals surface area contributed by atoms with Crippen molar-refractivity contribution in [2.45, 2.75) is 76.2 Å². The first-order valence-corrected chi connectivity index (χ1v) is 19.0. The van der Waals surface area contributed by atoms with Crippen molar-refractivity contribution >= 4 is 29.8 Å². The molecular weight excluding hydrogens is 740 g/mol. The highest BCUT2D eigenvalue weighted by molar-refractivity contribution is 5.90. The summed E-state index contributed by atoms with van der Waals surface area (Å²) >= 11 is 0. The van der Waals surface area contributed by atoms with E-state index in [1.54, 1.807) is 72.8 Å². The van der Waals surface area contributed by atoms with Gasteiger partial charge in [0.15, 0.2) is 0 Å². The molecule has 2 aliphatic carbocycles. The van der Waals surface area contributed by atoms with Gasteiger partial charge >= 0.3 is 29.8 Å². The van der Waals surface area contributed by atoms with E-state index in [4.69, 9.17) is 42.6 Å². The molecule has 4 fully saturated rings. The number of fused-ring (bicyclic) bond motifs is 7. The van der Waals surface area contributed by atoms with Crippen molar-refractivity contribution in [3.63, 3.8) is 0 Å². The van der Waals surface area contributed by atoms with E-state index in [-0.39, 0.29) is 18.6 Å². The monoisotopic (exact) mass is 786 g/mol. The van der Waals surface area contributed by atoms with Gasteiger partial charge in [0.25, 0.3) is 0 Å². The largest absolute Gasteiger partial charge is 0.497 e. The van der Waals surface area contributed by atoms with E-state index in [9.17, 15) is 24.0 Å². The zero-order chi connectivity index (χ0) is 40.4. The lowest BCUT2D eigenvalue weighted by Crippen LogP contribution is -2.64. The van der Waals surface area contributed by atoms with Gasteiger partial charge in [-0.05, 0) is 85.6 Å². The smallest absolute Gasteiger partial charge is 0.338 e. The predicted molar refractivity (Wildman–Crippen MR) is 199 cm³/mol. The minimum Gasteiger partial charge on any atom is -0.497 e. The van der Waals surface area contributed by atoms with E-state index < -0.39 is 89.6 Å². The summed E-state index contributed by atoms with van der Waals surface area (Å²) in [5, 5.41) is 0. The third-order valence-corrected chi connectivity index (χ3v) is 11.9. The van der Waals surface area contributed by atoms with Gasteiger partial charge in [-0.25, -0.2) is 14.4 Å². The predicted octanol–water partition coefficient (Wildman–Crippen LogP) is 5.39. The summed E-state index contributed by atoms with van der Waals surface area (Å²) in [6, 6.07) is 19.5. The maximum atomic E-state index is 13.6. The Bertz CT molecular complexity index is 1960. The quantitative estimate of drug-likeness (QED) is 0.169. The second kappa shape index (κ2) is 16.5. The van der Waals surface area contributed by atoms with Crippen molar-refractivity contribution in [2.24, 2.45) is 23.2 Å². The number of esters is 5. The van der Waals surface area contributed by atoms with Gasteiger partial charge in [-0.2, -0.15) is 0 Å².